The van der Waals surface area contributed by atoms with Gasteiger partial charge >= 0.3 is 6.09 Å². The van der Waals surface area contributed by atoms with Crippen LogP contribution in [0.2, 0.25) is 0 Å². The molecule has 7 heteroatoms. The van der Waals surface area contributed by atoms with Crippen molar-refractivity contribution in [3.8, 4) is 0 Å². The van der Waals surface area contributed by atoms with E-state index in [1.165, 1.54) is 0 Å². The Morgan fingerprint density at radius 3 is 2.57 bits per heavy atom. The number of amides is 1. The highest BCUT2D eigenvalue weighted by Gasteiger charge is 2.58. The van der Waals surface area contributed by atoms with Crippen LogP contribution in [0.3, 0.4) is 0 Å². The maximum atomic E-state index is 12.6. The number of carbonyl (C=O) groups is 1. The third kappa shape index (κ3) is 3.33. The molecule has 0 radical (unpaired) electrons. The molecule has 7 nitrogen and oxygen atoms in total. The quantitative estimate of drug-likeness (QED) is 0.728. The van der Waals surface area contributed by atoms with Gasteiger partial charge in [0.25, 0.3) is 0 Å². The summed E-state index contributed by atoms with van der Waals surface area (Å²) in [6, 6.07) is -0.311. The molecule has 0 saturated carbocycles. The minimum Gasteiger partial charge on any atom is -0.444 e. The van der Waals surface area contributed by atoms with Crippen molar-refractivity contribution in [2.24, 2.45) is 0 Å². The Morgan fingerprint density at radius 1 is 1.26 bits per heavy atom. The lowest BCUT2D eigenvalue weighted by Crippen LogP contribution is -2.65. The average Bonchev–Trinajstić information content (AvgIpc) is 2.72. The third-order valence-electron chi connectivity index (χ3n) is 4.35. The maximum Gasteiger partial charge on any atom is 0.410 e. The molecule has 132 valence electrons. The highest BCUT2D eigenvalue weighted by molar-refractivity contribution is 5.69. The van der Waals surface area contributed by atoms with E-state index in [1.807, 2.05) is 20.8 Å². The summed E-state index contributed by atoms with van der Waals surface area (Å²) >= 11 is 0. The Labute approximate surface area is 136 Å². The minimum atomic E-state index is -1.04. The van der Waals surface area contributed by atoms with Crippen LogP contribution in [-0.4, -0.2) is 64.7 Å². The molecule has 2 unspecified atom stereocenters. The van der Waals surface area contributed by atoms with E-state index < -0.39 is 29.9 Å². The molecule has 0 aromatic heterocycles. The molecule has 23 heavy (non-hydrogen) atoms. The van der Waals surface area contributed by atoms with Gasteiger partial charge in [-0.2, -0.15) is 0 Å². The van der Waals surface area contributed by atoms with Crippen molar-refractivity contribution in [2.75, 3.05) is 6.54 Å². The van der Waals surface area contributed by atoms with Crippen LogP contribution in [0.5, 0.6) is 0 Å². The summed E-state index contributed by atoms with van der Waals surface area (Å²) < 4.78 is 23.0. The van der Waals surface area contributed by atoms with E-state index in [4.69, 9.17) is 18.9 Å². The number of likely N-dealkylation sites (tertiary alicyclic amines) is 1. The van der Waals surface area contributed by atoms with Gasteiger partial charge in [-0.25, -0.2) is 4.79 Å². The summed E-state index contributed by atoms with van der Waals surface area (Å²) in [5.41, 5.74) is -0.565. The highest BCUT2D eigenvalue weighted by Crippen LogP contribution is 2.41. The second kappa shape index (κ2) is 5.58. The van der Waals surface area contributed by atoms with Crippen LogP contribution >= 0.6 is 0 Å². The van der Waals surface area contributed by atoms with Gasteiger partial charge in [0.15, 0.2) is 12.1 Å². The first-order valence-corrected chi connectivity index (χ1v) is 8.26. The summed E-state index contributed by atoms with van der Waals surface area (Å²) in [4.78, 5) is 14.3. The molecule has 3 aliphatic rings. The predicted molar refractivity (Wildman–Crippen MR) is 80.7 cm³/mol. The molecule has 3 saturated heterocycles. The fourth-order valence-corrected chi connectivity index (χ4v) is 3.61. The fourth-order valence-electron chi connectivity index (χ4n) is 3.61. The Hall–Kier alpha value is -0.890. The lowest BCUT2D eigenvalue weighted by molar-refractivity contribution is -0.252. The molecule has 3 aliphatic heterocycles. The third-order valence-corrected chi connectivity index (χ3v) is 4.35. The normalized spacial score (nSPS) is 39.6. The van der Waals surface area contributed by atoms with Gasteiger partial charge in [0, 0.05) is 6.54 Å². The second-order valence-electron chi connectivity index (χ2n) is 7.94. The van der Waals surface area contributed by atoms with E-state index in [-0.39, 0.29) is 18.2 Å². The number of aliphatic hydroxyl groups excluding tert-OH is 1. The van der Waals surface area contributed by atoms with Gasteiger partial charge in [-0.3, -0.25) is 4.90 Å². The van der Waals surface area contributed by atoms with Gasteiger partial charge in [0.1, 0.15) is 17.8 Å². The number of carbonyl (C=O) groups excluding carboxylic acids is 1. The van der Waals surface area contributed by atoms with Crippen molar-refractivity contribution in [2.45, 2.75) is 89.5 Å². The molecule has 1 amide bonds. The van der Waals surface area contributed by atoms with Crippen molar-refractivity contribution < 1.29 is 28.8 Å². The molecule has 3 rings (SSSR count). The number of fused-ring (bicyclic) bond motifs is 3. The molecule has 1 N–H and O–H groups in total. The minimum absolute atomic E-state index is 0.273. The van der Waals surface area contributed by atoms with Crippen molar-refractivity contribution in [3.63, 3.8) is 0 Å². The number of hydrogen-bond acceptors (Lipinski definition) is 6. The smallest absolute Gasteiger partial charge is 0.410 e. The maximum absolute atomic E-state index is 12.6. The fraction of sp³-hybridized carbons (Fsp3) is 0.938. The van der Waals surface area contributed by atoms with Crippen LogP contribution in [0.15, 0.2) is 0 Å². The summed E-state index contributed by atoms with van der Waals surface area (Å²) in [7, 11) is 0. The number of piperidine rings is 1. The predicted octanol–water partition coefficient (Wildman–Crippen LogP) is 1.62. The number of aliphatic hydroxyl groups is 1. The lowest BCUT2D eigenvalue weighted by Gasteiger charge is -2.48. The monoisotopic (exact) mass is 329 g/mol. The second-order valence-corrected chi connectivity index (χ2v) is 7.94. The first-order valence-electron chi connectivity index (χ1n) is 8.26. The topological polar surface area (TPSA) is 77.5 Å². The zero-order valence-electron chi connectivity index (χ0n) is 14.4. The largest absolute Gasteiger partial charge is 0.444 e. The molecule has 0 aliphatic carbocycles. The van der Waals surface area contributed by atoms with Crippen LogP contribution < -0.4 is 0 Å². The molecule has 0 bridgehead atoms. The number of ether oxygens (including phenoxy) is 4. The van der Waals surface area contributed by atoms with E-state index in [2.05, 4.69) is 0 Å². The van der Waals surface area contributed by atoms with Gasteiger partial charge in [-0.1, -0.05) is 0 Å². The standard InChI is InChI=1S/C16H27NO6/c1-15(2,3)23-14(19)17-8-6-7-9-10(17)11-12(13(18)20-9)22-16(4,5)21-11/h9-13,18H,6-8H2,1-5H3/t9-,10+,11-,12?,13?/m0/s1. The van der Waals surface area contributed by atoms with Crippen LogP contribution in [0.4, 0.5) is 4.79 Å². The zero-order chi connectivity index (χ0) is 17.0. The van der Waals surface area contributed by atoms with Gasteiger partial charge in [-0.05, 0) is 47.5 Å². The Morgan fingerprint density at radius 2 is 1.91 bits per heavy atom. The average molecular weight is 329 g/mol. The number of hydrogen-bond donors (Lipinski definition) is 1. The van der Waals surface area contributed by atoms with Crippen LogP contribution in [-0.2, 0) is 18.9 Å². The number of nitrogens with zero attached hydrogens (tertiary/aromatic N) is 1. The molecule has 3 heterocycles. The first-order chi connectivity index (χ1) is 10.6. The summed E-state index contributed by atoms with van der Waals surface area (Å²) in [5.74, 6) is -0.814. The molecule has 0 spiro atoms. The lowest BCUT2D eigenvalue weighted by atomic mass is 9.89. The molecule has 5 atom stereocenters. The summed E-state index contributed by atoms with van der Waals surface area (Å²) in [6.07, 6.45) is -1.14. The van der Waals surface area contributed by atoms with Crippen LogP contribution in [0.1, 0.15) is 47.5 Å². The van der Waals surface area contributed by atoms with Gasteiger partial charge in [0.2, 0.25) is 0 Å². The Kier molecular flexibility index (Phi) is 4.11. The van der Waals surface area contributed by atoms with Gasteiger partial charge < -0.3 is 24.1 Å². The molecular weight excluding hydrogens is 302 g/mol. The summed E-state index contributed by atoms with van der Waals surface area (Å²) in [5, 5.41) is 10.2. The van der Waals surface area contributed by atoms with E-state index in [0.29, 0.717) is 6.54 Å². The van der Waals surface area contributed by atoms with Crippen molar-refractivity contribution in [1.82, 2.24) is 4.90 Å². The molecule has 0 aromatic rings. The van der Waals surface area contributed by atoms with Gasteiger partial charge in [-0.15, -0.1) is 0 Å². The Bertz CT molecular complexity index is 474. The van der Waals surface area contributed by atoms with E-state index in [1.54, 1.807) is 18.7 Å². The van der Waals surface area contributed by atoms with Gasteiger partial charge in [0.05, 0.1) is 12.1 Å². The zero-order valence-corrected chi connectivity index (χ0v) is 14.4. The van der Waals surface area contributed by atoms with Crippen molar-refractivity contribution in [3.05, 3.63) is 0 Å². The van der Waals surface area contributed by atoms with Crippen molar-refractivity contribution in [1.29, 1.82) is 0 Å². The number of rotatable bonds is 0. The van der Waals surface area contributed by atoms with E-state index >= 15 is 0 Å². The molecule has 3 fully saturated rings. The van der Waals surface area contributed by atoms with Crippen molar-refractivity contribution >= 4 is 6.09 Å². The highest BCUT2D eigenvalue weighted by atomic mass is 16.8. The SMILES string of the molecule is CC(C)(C)OC(=O)N1CCC[C@@H]2OC(O)C3OC(C)(C)O[C@H]3[C@@H]21. The Balaban J connectivity index is 1.84. The van der Waals surface area contributed by atoms with Crippen LogP contribution in [0.25, 0.3) is 0 Å². The van der Waals surface area contributed by atoms with E-state index in [0.717, 1.165) is 12.8 Å². The van der Waals surface area contributed by atoms with E-state index in [9.17, 15) is 9.90 Å². The first kappa shape index (κ1) is 17.0. The summed E-state index contributed by atoms with van der Waals surface area (Å²) in [6.45, 7) is 9.71. The molecular formula is C16H27NO6. The molecule has 0 aromatic carbocycles. The van der Waals surface area contributed by atoms with Crippen LogP contribution in [0, 0.1) is 0 Å².